The average Bonchev–Trinajstić information content (AvgIpc) is 2.78. The van der Waals surface area contributed by atoms with Crippen LogP contribution in [-0.2, 0) is 6.18 Å². The number of aromatic nitrogens is 2. The lowest BCUT2D eigenvalue weighted by Crippen LogP contribution is -2.36. The fourth-order valence-electron chi connectivity index (χ4n) is 2.71. The van der Waals surface area contributed by atoms with Gasteiger partial charge >= 0.3 is 6.18 Å². The van der Waals surface area contributed by atoms with Gasteiger partial charge in [-0.2, -0.15) is 13.2 Å². The first-order valence-electron chi connectivity index (χ1n) is 8.06. The maximum Gasteiger partial charge on any atom is 0.433 e. The molecule has 1 aliphatic heterocycles. The second kappa shape index (κ2) is 8.43. The number of nitrogens with zero attached hydrogens (tertiary/aromatic N) is 4. The van der Waals surface area contributed by atoms with Crippen molar-refractivity contribution in [2.24, 2.45) is 0 Å². The molecule has 2 heterocycles. The van der Waals surface area contributed by atoms with Gasteiger partial charge in [0.1, 0.15) is 5.69 Å². The van der Waals surface area contributed by atoms with Gasteiger partial charge in [-0.05, 0) is 31.9 Å². The highest BCUT2D eigenvalue weighted by atomic mass is 19.4. The Labute approximate surface area is 139 Å². The number of alkyl halides is 3. The van der Waals surface area contributed by atoms with Crippen molar-refractivity contribution in [3.8, 4) is 0 Å². The van der Waals surface area contributed by atoms with Crippen LogP contribution in [0.1, 0.15) is 25.0 Å². The van der Waals surface area contributed by atoms with E-state index in [4.69, 9.17) is 0 Å². The Morgan fingerprint density at radius 1 is 1.29 bits per heavy atom. The number of hydrogen-bond donors (Lipinski definition) is 1. The Morgan fingerprint density at radius 3 is 2.79 bits per heavy atom. The summed E-state index contributed by atoms with van der Waals surface area (Å²) in [6.45, 7) is 6.78. The summed E-state index contributed by atoms with van der Waals surface area (Å²) in [6, 6.07) is 0.879. The Balaban J connectivity index is 1.94. The smallest absolute Gasteiger partial charge is 0.392 e. The molecular weight excluding hydrogens is 321 g/mol. The normalized spacial score (nSPS) is 18.2. The van der Waals surface area contributed by atoms with Crippen LogP contribution in [0.2, 0.25) is 0 Å². The molecule has 5 nitrogen and oxygen atoms in total. The number of aliphatic hydroxyl groups excluding tert-OH is 1. The summed E-state index contributed by atoms with van der Waals surface area (Å²) in [5.41, 5.74) is -0.923. The number of halogens is 3. The molecule has 1 aromatic rings. The van der Waals surface area contributed by atoms with E-state index in [2.05, 4.69) is 21.4 Å². The van der Waals surface area contributed by atoms with E-state index in [0.29, 0.717) is 32.6 Å². The van der Waals surface area contributed by atoms with Gasteiger partial charge in [-0.25, -0.2) is 9.97 Å². The molecule has 8 heteroatoms. The predicted molar refractivity (Wildman–Crippen MR) is 85.7 cm³/mol. The molecule has 1 aromatic heterocycles. The highest BCUT2D eigenvalue weighted by Gasteiger charge is 2.33. The molecular formula is C16H23F3N4O. The first kappa shape index (κ1) is 18.7. The van der Waals surface area contributed by atoms with Crippen LogP contribution in [0.4, 0.5) is 19.1 Å². The fraction of sp³-hybridized carbons (Fsp3) is 0.625. The third-order valence-corrected chi connectivity index (χ3v) is 3.98. The SMILES string of the molecule is C=CCCC(O)CN1CCCN(c2nccc(C(F)(F)F)n2)CC1. The van der Waals surface area contributed by atoms with Gasteiger partial charge in [-0.3, -0.25) is 4.90 Å². The Hall–Kier alpha value is -1.67. The number of aliphatic hydroxyl groups is 1. The van der Waals surface area contributed by atoms with Crippen LogP contribution < -0.4 is 4.90 Å². The minimum Gasteiger partial charge on any atom is -0.392 e. The minimum atomic E-state index is -4.47. The number of allylic oxidation sites excluding steroid dienone is 1. The third kappa shape index (κ3) is 5.45. The Bertz CT molecular complexity index is 538. The molecule has 0 aromatic carbocycles. The van der Waals surface area contributed by atoms with Crippen LogP contribution in [0.3, 0.4) is 0 Å². The molecule has 1 saturated heterocycles. The van der Waals surface area contributed by atoms with Gasteiger partial charge in [0, 0.05) is 32.4 Å². The predicted octanol–water partition coefficient (Wildman–Crippen LogP) is 2.33. The van der Waals surface area contributed by atoms with Gasteiger partial charge in [0.25, 0.3) is 0 Å². The van der Waals surface area contributed by atoms with Gasteiger partial charge < -0.3 is 10.0 Å². The van der Waals surface area contributed by atoms with Crippen LogP contribution >= 0.6 is 0 Å². The average molecular weight is 344 g/mol. The van der Waals surface area contributed by atoms with Gasteiger partial charge in [-0.15, -0.1) is 6.58 Å². The van der Waals surface area contributed by atoms with Crippen molar-refractivity contribution in [1.29, 1.82) is 0 Å². The molecule has 0 spiro atoms. The van der Waals surface area contributed by atoms with Crippen LogP contribution in [0.5, 0.6) is 0 Å². The van der Waals surface area contributed by atoms with Gasteiger partial charge in [0.2, 0.25) is 5.95 Å². The summed E-state index contributed by atoms with van der Waals surface area (Å²) < 4.78 is 38.3. The third-order valence-electron chi connectivity index (χ3n) is 3.98. The number of anilines is 1. The van der Waals surface area contributed by atoms with Gasteiger partial charge in [0.15, 0.2) is 0 Å². The summed E-state index contributed by atoms with van der Waals surface area (Å²) in [7, 11) is 0. The summed E-state index contributed by atoms with van der Waals surface area (Å²) in [5.74, 6) is 0.110. The number of β-amino-alcohol motifs (C(OH)–C–C–N with tert-alkyl or cyclic N) is 1. The summed E-state index contributed by atoms with van der Waals surface area (Å²) in [5, 5.41) is 9.98. The van der Waals surface area contributed by atoms with E-state index in [1.165, 1.54) is 0 Å². The lowest BCUT2D eigenvalue weighted by molar-refractivity contribution is -0.141. The van der Waals surface area contributed by atoms with Crippen molar-refractivity contribution in [3.05, 3.63) is 30.6 Å². The summed E-state index contributed by atoms with van der Waals surface area (Å²) in [6.07, 6.45) is 0.253. The lowest BCUT2D eigenvalue weighted by atomic mass is 10.2. The Kier molecular flexibility index (Phi) is 6.56. The van der Waals surface area contributed by atoms with E-state index in [1.807, 2.05) is 0 Å². The maximum absolute atomic E-state index is 12.8. The topological polar surface area (TPSA) is 52.5 Å². The number of rotatable bonds is 6. The maximum atomic E-state index is 12.8. The van der Waals surface area contributed by atoms with Crippen molar-refractivity contribution in [2.45, 2.75) is 31.5 Å². The molecule has 0 radical (unpaired) electrons. The van der Waals surface area contributed by atoms with E-state index in [1.54, 1.807) is 11.0 Å². The van der Waals surface area contributed by atoms with Crippen LogP contribution in [-0.4, -0.2) is 58.8 Å². The quantitative estimate of drug-likeness (QED) is 0.803. The molecule has 134 valence electrons. The van der Waals surface area contributed by atoms with Crippen LogP contribution in [0.25, 0.3) is 0 Å². The standard InChI is InChI=1S/C16H23F3N4O/c1-2-3-5-13(24)12-22-8-4-9-23(11-10-22)15-20-7-6-14(21-15)16(17,18)19/h2,6-7,13,24H,1,3-5,8-12H2. The van der Waals surface area contributed by atoms with E-state index >= 15 is 0 Å². The largest absolute Gasteiger partial charge is 0.433 e. The molecule has 0 amide bonds. The fourth-order valence-corrected chi connectivity index (χ4v) is 2.71. The van der Waals surface area contributed by atoms with Gasteiger partial charge in [-0.1, -0.05) is 6.08 Å². The van der Waals surface area contributed by atoms with E-state index < -0.39 is 18.0 Å². The Morgan fingerprint density at radius 2 is 2.08 bits per heavy atom. The minimum absolute atomic E-state index is 0.110. The monoisotopic (exact) mass is 344 g/mol. The molecule has 1 unspecified atom stereocenters. The second-order valence-corrected chi connectivity index (χ2v) is 5.90. The van der Waals surface area contributed by atoms with Crippen molar-refractivity contribution >= 4 is 5.95 Å². The molecule has 24 heavy (non-hydrogen) atoms. The summed E-state index contributed by atoms with van der Waals surface area (Å²) in [4.78, 5) is 11.5. The first-order valence-corrected chi connectivity index (χ1v) is 8.06. The van der Waals surface area contributed by atoms with E-state index in [-0.39, 0.29) is 5.95 Å². The van der Waals surface area contributed by atoms with Gasteiger partial charge in [0.05, 0.1) is 6.10 Å². The van der Waals surface area contributed by atoms with Crippen molar-refractivity contribution in [2.75, 3.05) is 37.6 Å². The van der Waals surface area contributed by atoms with E-state index in [9.17, 15) is 18.3 Å². The lowest BCUT2D eigenvalue weighted by Gasteiger charge is -2.24. The zero-order valence-corrected chi connectivity index (χ0v) is 13.5. The molecule has 1 aliphatic rings. The van der Waals surface area contributed by atoms with Crippen molar-refractivity contribution < 1.29 is 18.3 Å². The zero-order valence-electron chi connectivity index (χ0n) is 13.5. The summed E-state index contributed by atoms with van der Waals surface area (Å²) >= 11 is 0. The molecule has 1 fully saturated rings. The van der Waals surface area contributed by atoms with Crippen LogP contribution in [0.15, 0.2) is 24.9 Å². The molecule has 0 saturated carbocycles. The van der Waals surface area contributed by atoms with Crippen LogP contribution in [0, 0.1) is 0 Å². The second-order valence-electron chi connectivity index (χ2n) is 5.90. The molecule has 0 bridgehead atoms. The van der Waals surface area contributed by atoms with Crippen molar-refractivity contribution in [3.63, 3.8) is 0 Å². The molecule has 1 N–H and O–H groups in total. The highest BCUT2D eigenvalue weighted by molar-refractivity contribution is 5.31. The zero-order chi connectivity index (χ0) is 17.6. The first-order chi connectivity index (χ1) is 11.4. The van der Waals surface area contributed by atoms with E-state index in [0.717, 1.165) is 31.6 Å². The molecule has 1 atom stereocenters. The van der Waals surface area contributed by atoms with Crippen molar-refractivity contribution in [1.82, 2.24) is 14.9 Å². The number of hydrogen-bond acceptors (Lipinski definition) is 5. The molecule has 2 rings (SSSR count). The highest BCUT2D eigenvalue weighted by Crippen LogP contribution is 2.28. The molecule has 0 aliphatic carbocycles.